The van der Waals surface area contributed by atoms with E-state index >= 15 is 0 Å². The van der Waals surface area contributed by atoms with Crippen molar-refractivity contribution < 1.29 is 9.53 Å². The molecule has 1 fully saturated rings. The smallest absolute Gasteiger partial charge is 0.260 e. The predicted molar refractivity (Wildman–Crippen MR) is 31.4 cm³/mol. The first kappa shape index (κ1) is 6.12. The number of ether oxygens (including phenoxy) is 1. The minimum atomic E-state index is -0.122. The van der Waals surface area contributed by atoms with Crippen molar-refractivity contribution in [1.82, 2.24) is 4.90 Å². The van der Waals surface area contributed by atoms with Crippen molar-refractivity contribution in [3.05, 3.63) is 0 Å². The van der Waals surface area contributed by atoms with E-state index in [1.807, 2.05) is 0 Å². The van der Waals surface area contributed by atoms with Crippen LogP contribution in [0.4, 0.5) is 0 Å². The van der Waals surface area contributed by atoms with E-state index < -0.39 is 0 Å². The molecule has 0 spiro atoms. The highest BCUT2D eigenvalue weighted by Gasteiger charge is 2.15. The van der Waals surface area contributed by atoms with Crippen LogP contribution in [-0.4, -0.2) is 30.6 Å². The zero-order valence-corrected chi connectivity index (χ0v) is 4.96. The van der Waals surface area contributed by atoms with Crippen LogP contribution in [0.3, 0.4) is 0 Å². The largest absolute Gasteiger partial charge is 0.370 e. The number of terminal acetylenes is 1. The Kier molecular flexibility index (Phi) is 1.71. The van der Waals surface area contributed by atoms with Gasteiger partial charge in [-0.25, -0.2) is 0 Å². The summed E-state index contributed by atoms with van der Waals surface area (Å²) >= 11 is 0. The summed E-state index contributed by atoms with van der Waals surface area (Å²) < 4.78 is 4.83. The van der Waals surface area contributed by atoms with Gasteiger partial charge in [0, 0.05) is 6.04 Å². The number of morpholine rings is 1. The van der Waals surface area contributed by atoms with Gasteiger partial charge in [-0.1, -0.05) is 6.42 Å². The highest BCUT2D eigenvalue weighted by molar-refractivity contribution is 5.79. The Morgan fingerprint density at radius 3 is 3.00 bits per heavy atom. The van der Waals surface area contributed by atoms with Gasteiger partial charge in [-0.05, 0) is 0 Å². The molecular weight excluding hydrogens is 118 g/mol. The summed E-state index contributed by atoms with van der Waals surface area (Å²) in [7, 11) is 0. The highest BCUT2D eigenvalue weighted by atomic mass is 16.5. The van der Waals surface area contributed by atoms with Crippen molar-refractivity contribution in [2.45, 2.75) is 0 Å². The van der Waals surface area contributed by atoms with Crippen LogP contribution in [-0.2, 0) is 9.53 Å². The van der Waals surface area contributed by atoms with Gasteiger partial charge in [-0.3, -0.25) is 9.69 Å². The van der Waals surface area contributed by atoms with Gasteiger partial charge >= 0.3 is 0 Å². The van der Waals surface area contributed by atoms with Gasteiger partial charge in [-0.15, -0.1) is 0 Å². The van der Waals surface area contributed by atoms with Crippen LogP contribution < -0.4 is 0 Å². The fourth-order valence-electron chi connectivity index (χ4n) is 0.654. The maximum atomic E-state index is 10.7. The van der Waals surface area contributed by atoms with E-state index in [1.165, 1.54) is 4.90 Å². The molecule has 0 saturated carbocycles. The number of carbonyl (C=O) groups is 1. The Hall–Kier alpha value is -1.01. The maximum absolute atomic E-state index is 10.7. The fourth-order valence-corrected chi connectivity index (χ4v) is 0.654. The standard InChI is InChI=1S/C6H7NO2/c1-2-7-3-4-9-5-6(7)8/h1H,3-5H2. The number of amides is 1. The van der Waals surface area contributed by atoms with Gasteiger partial charge in [-0.2, -0.15) is 0 Å². The molecular formula is C6H7NO2. The van der Waals surface area contributed by atoms with Crippen LogP contribution in [0.2, 0.25) is 0 Å². The second-order valence-corrected chi connectivity index (χ2v) is 1.73. The molecule has 1 aliphatic heterocycles. The van der Waals surface area contributed by atoms with Gasteiger partial charge in [0.1, 0.15) is 6.61 Å². The fraction of sp³-hybridized carbons (Fsp3) is 0.500. The molecule has 0 N–H and O–H groups in total. The average Bonchev–Trinajstić information content (AvgIpc) is 1.89. The monoisotopic (exact) mass is 125 g/mol. The number of nitrogens with zero attached hydrogens (tertiary/aromatic N) is 1. The lowest BCUT2D eigenvalue weighted by Crippen LogP contribution is -2.37. The number of carbonyl (C=O) groups excluding carboxylic acids is 1. The molecule has 1 heterocycles. The minimum Gasteiger partial charge on any atom is -0.370 e. The second-order valence-electron chi connectivity index (χ2n) is 1.73. The molecule has 3 heteroatoms. The van der Waals surface area contributed by atoms with Crippen molar-refractivity contribution in [2.24, 2.45) is 0 Å². The lowest BCUT2D eigenvalue weighted by atomic mass is 10.4. The van der Waals surface area contributed by atoms with Gasteiger partial charge < -0.3 is 4.74 Å². The van der Waals surface area contributed by atoms with E-state index in [0.717, 1.165) is 0 Å². The summed E-state index contributed by atoms with van der Waals surface area (Å²) in [6.07, 6.45) is 4.99. The Morgan fingerprint density at radius 2 is 2.56 bits per heavy atom. The van der Waals surface area contributed by atoms with Gasteiger partial charge in [0.25, 0.3) is 5.91 Å². The summed E-state index contributed by atoms with van der Waals surface area (Å²) in [6, 6.07) is 2.26. The SMILES string of the molecule is C#CN1CCOCC1=O. The lowest BCUT2D eigenvalue weighted by Gasteiger charge is -2.19. The molecule has 0 aromatic rings. The normalized spacial score (nSPS) is 19.4. The van der Waals surface area contributed by atoms with E-state index in [2.05, 4.69) is 6.04 Å². The second kappa shape index (κ2) is 2.51. The quantitative estimate of drug-likeness (QED) is 0.406. The van der Waals surface area contributed by atoms with Crippen molar-refractivity contribution in [1.29, 1.82) is 0 Å². The van der Waals surface area contributed by atoms with Crippen molar-refractivity contribution in [2.75, 3.05) is 19.8 Å². The summed E-state index contributed by atoms with van der Waals surface area (Å²) in [5.41, 5.74) is 0. The maximum Gasteiger partial charge on any atom is 0.260 e. The molecule has 0 aliphatic carbocycles. The molecule has 1 rings (SSSR count). The Morgan fingerprint density at radius 1 is 1.78 bits per heavy atom. The molecule has 0 aromatic carbocycles. The van der Waals surface area contributed by atoms with Crippen LogP contribution in [0.1, 0.15) is 0 Å². The molecule has 1 saturated heterocycles. The minimum absolute atomic E-state index is 0.122. The Labute approximate surface area is 53.6 Å². The van der Waals surface area contributed by atoms with E-state index in [0.29, 0.717) is 13.2 Å². The summed E-state index contributed by atoms with van der Waals surface area (Å²) in [6.45, 7) is 1.20. The van der Waals surface area contributed by atoms with Gasteiger partial charge in [0.2, 0.25) is 0 Å². The van der Waals surface area contributed by atoms with Crippen LogP contribution in [0.5, 0.6) is 0 Å². The molecule has 1 aliphatic rings. The highest BCUT2D eigenvalue weighted by Crippen LogP contribution is 1.94. The molecule has 0 radical (unpaired) electrons. The predicted octanol–water partition coefficient (Wildman–Crippen LogP) is -0.564. The molecule has 0 atom stereocenters. The number of rotatable bonds is 0. The van der Waals surface area contributed by atoms with E-state index in [1.54, 1.807) is 0 Å². The molecule has 48 valence electrons. The Bertz CT molecular complexity index is 159. The first-order chi connectivity index (χ1) is 4.34. The zero-order chi connectivity index (χ0) is 6.69. The molecule has 0 unspecified atom stereocenters. The van der Waals surface area contributed by atoms with E-state index in [9.17, 15) is 4.79 Å². The molecule has 1 amide bonds. The van der Waals surface area contributed by atoms with Crippen molar-refractivity contribution >= 4 is 5.91 Å². The molecule has 0 bridgehead atoms. The van der Waals surface area contributed by atoms with Crippen LogP contribution in [0.15, 0.2) is 0 Å². The van der Waals surface area contributed by atoms with Crippen LogP contribution >= 0.6 is 0 Å². The summed E-state index contributed by atoms with van der Waals surface area (Å²) in [5, 5.41) is 0. The van der Waals surface area contributed by atoms with Crippen molar-refractivity contribution in [3.8, 4) is 12.5 Å². The summed E-state index contributed by atoms with van der Waals surface area (Å²) in [4.78, 5) is 12.0. The van der Waals surface area contributed by atoms with Crippen molar-refractivity contribution in [3.63, 3.8) is 0 Å². The number of hydrogen-bond acceptors (Lipinski definition) is 2. The van der Waals surface area contributed by atoms with Gasteiger partial charge in [0.05, 0.1) is 13.2 Å². The first-order valence-corrected chi connectivity index (χ1v) is 2.69. The van der Waals surface area contributed by atoms with Crippen LogP contribution in [0.25, 0.3) is 0 Å². The topological polar surface area (TPSA) is 29.5 Å². The molecule has 0 aromatic heterocycles. The zero-order valence-electron chi connectivity index (χ0n) is 4.96. The van der Waals surface area contributed by atoms with E-state index in [4.69, 9.17) is 11.2 Å². The summed E-state index contributed by atoms with van der Waals surface area (Å²) in [5.74, 6) is -0.122. The lowest BCUT2D eigenvalue weighted by molar-refractivity contribution is -0.138. The average molecular weight is 125 g/mol. The third kappa shape index (κ3) is 1.21. The molecule has 3 nitrogen and oxygen atoms in total. The van der Waals surface area contributed by atoms with E-state index in [-0.39, 0.29) is 12.5 Å². The third-order valence-electron chi connectivity index (χ3n) is 1.14. The Balaban J connectivity index is 2.51. The first-order valence-electron chi connectivity index (χ1n) is 2.69. The van der Waals surface area contributed by atoms with Gasteiger partial charge in [0.15, 0.2) is 0 Å². The molecule has 9 heavy (non-hydrogen) atoms. The van der Waals surface area contributed by atoms with Crippen LogP contribution in [0, 0.1) is 12.5 Å². The third-order valence-corrected chi connectivity index (χ3v) is 1.14. The number of hydrogen-bond donors (Lipinski definition) is 0.